The molecule has 0 aromatic rings. The fourth-order valence-electron chi connectivity index (χ4n) is 2.74. The van der Waals surface area contributed by atoms with Crippen LogP contribution in [0.5, 0.6) is 0 Å². The molecule has 0 bridgehead atoms. The molecule has 0 amide bonds. The lowest BCUT2D eigenvalue weighted by Crippen LogP contribution is -2.50. The minimum Gasteiger partial charge on any atom is -0.325 e. The van der Waals surface area contributed by atoms with Gasteiger partial charge in [0.25, 0.3) is 0 Å². The summed E-state index contributed by atoms with van der Waals surface area (Å²) in [7, 11) is 0. The Labute approximate surface area is 87.8 Å². The molecule has 0 aromatic carbocycles. The second-order valence-corrected chi connectivity index (χ2v) is 5.35. The van der Waals surface area contributed by atoms with Crippen LogP contribution in [0.2, 0.25) is 0 Å². The standard InChI is InChI=1S/C12H24N2/c1-11-5-2-3-9-14(11)10-8-12(13)6-4-7-12/h11H,2-10,13H2,1H3. The molecule has 1 aliphatic heterocycles. The third kappa shape index (κ3) is 2.29. The van der Waals surface area contributed by atoms with Crippen molar-refractivity contribution in [3.05, 3.63) is 0 Å². The summed E-state index contributed by atoms with van der Waals surface area (Å²) in [5, 5.41) is 0. The average Bonchev–Trinajstić information content (AvgIpc) is 2.14. The molecule has 1 unspecified atom stereocenters. The van der Waals surface area contributed by atoms with Gasteiger partial charge in [-0.05, 0) is 52.0 Å². The summed E-state index contributed by atoms with van der Waals surface area (Å²) in [5.41, 5.74) is 6.46. The monoisotopic (exact) mass is 196 g/mol. The van der Waals surface area contributed by atoms with Gasteiger partial charge in [-0.1, -0.05) is 6.42 Å². The largest absolute Gasteiger partial charge is 0.325 e. The lowest BCUT2D eigenvalue weighted by molar-refractivity contribution is 0.126. The Morgan fingerprint density at radius 2 is 2.07 bits per heavy atom. The number of hydrogen-bond acceptors (Lipinski definition) is 2. The van der Waals surface area contributed by atoms with E-state index in [1.54, 1.807) is 0 Å². The highest BCUT2D eigenvalue weighted by Crippen LogP contribution is 2.32. The third-order valence-corrected chi connectivity index (χ3v) is 4.19. The zero-order chi connectivity index (χ0) is 10.0. The van der Waals surface area contributed by atoms with Crippen LogP contribution < -0.4 is 5.73 Å². The number of nitrogens with zero attached hydrogens (tertiary/aromatic N) is 1. The topological polar surface area (TPSA) is 29.3 Å². The molecule has 0 aromatic heterocycles. The number of nitrogens with two attached hydrogens (primary N) is 1. The van der Waals surface area contributed by atoms with Crippen LogP contribution in [0, 0.1) is 0 Å². The molecular weight excluding hydrogens is 172 g/mol. The van der Waals surface area contributed by atoms with Crippen LogP contribution >= 0.6 is 0 Å². The first-order valence-corrected chi connectivity index (χ1v) is 6.23. The molecular formula is C12H24N2. The van der Waals surface area contributed by atoms with E-state index in [0.29, 0.717) is 0 Å². The van der Waals surface area contributed by atoms with Crippen molar-refractivity contribution in [2.24, 2.45) is 5.73 Å². The van der Waals surface area contributed by atoms with Crippen molar-refractivity contribution < 1.29 is 0 Å². The predicted molar refractivity (Wildman–Crippen MR) is 60.3 cm³/mol. The van der Waals surface area contributed by atoms with Gasteiger partial charge < -0.3 is 10.6 Å². The van der Waals surface area contributed by atoms with E-state index in [1.165, 1.54) is 58.0 Å². The molecule has 2 nitrogen and oxygen atoms in total. The minimum atomic E-state index is 0.219. The summed E-state index contributed by atoms with van der Waals surface area (Å²) < 4.78 is 0. The summed E-state index contributed by atoms with van der Waals surface area (Å²) in [6, 6.07) is 0.799. The molecule has 1 saturated heterocycles. The fourth-order valence-corrected chi connectivity index (χ4v) is 2.74. The molecule has 82 valence electrons. The summed E-state index contributed by atoms with van der Waals surface area (Å²) in [4.78, 5) is 2.64. The molecule has 1 heterocycles. The number of hydrogen-bond donors (Lipinski definition) is 1. The van der Waals surface area contributed by atoms with Crippen LogP contribution in [0.25, 0.3) is 0 Å². The summed E-state index contributed by atoms with van der Waals surface area (Å²) in [6.07, 6.45) is 9.29. The Hall–Kier alpha value is -0.0800. The van der Waals surface area contributed by atoms with Crippen LogP contribution in [0.15, 0.2) is 0 Å². The van der Waals surface area contributed by atoms with Gasteiger partial charge in [0.05, 0.1) is 0 Å². The molecule has 2 aliphatic rings. The first-order valence-electron chi connectivity index (χ1n) is 6.23. The molecule has 2 rings (SSSR count). The molecule has 0 spiro atoms. The second kappa shape index (κ2) is 4.19. The Balaban J connectivity index is 1.73. The average molecular weight is 196 g/mol. The molecule has 1 saturated carbocycles. The number of likely N-dealkylation sites (tertiary alicyclic amines) is 1. The zero-order valence-corrected chi connectivity index (χ0v) is 9.47. The van der Waals surface area contributed by atoms with Gasteiger partial charge in [-0.15, -0.1) is 0 Å². The highest BCUT2D eigenvalue weighted by molar-refractivity contribution is 4.93. The van der Waals surface area contributed by atoms with Crippen LogP contribution in [-0.4, -0.2) is 29.6 Å². The maximum absolute atomic E-state index is 6.24. The van der Waals surface area contributed by atoms with Gasteiger partial charge in [-0.2, -0.15) is 0 Å². The SMILES string of the molecule is CC1CCCCN1CCC1(N)CCC1. The maximum Gasteiger partial charge on any atom is 0.0166 e. The van der Waals surface area contributed by atoms with Crippen LogP contribution in [-0.2, 0) is 0 Å². The Bertz CT molecular complexity index is 187. The summed E-state index contributed by atoms with van der Waals surface area (Å²) in [6.45, 7) is 4.90. The van der Waals surface area contributed by atoms with E-state index < -0.39 is 0 Å². The van der Waals surface area contributed by atoms with Gasteiger partial charge in [0, 0.05) is 18.1 Å². The van der Waals surface area contributed by atoms with Crippen LogP contribution in [0.3, 0.4) is 0 Å². The highest BCUT2D eigenvalue weighted by Gasteiger charge is 2.33. The fraction of sp³-hybridized carbons (Fsp3) is 1.00. The van der Waals surface area contributed by atoms with E-state index in [1.807, 2.05) is 0 Å². The van der Waals surface area contributed by atoms with Crippen molar-refractivity contribution >= 4 is 0 Å². The van der Waals surface area contributed by atoms with E-state index in [4.69, 9.17) is 5.73 Å². The van der Waals surface area contributed by atoms with Gasteiger partial charge in [0.2, 0.25) is 0 Å². The third-order valence-electron chi connectivity index (χ3n) is 4.19. The number of piperidine rings is 1. The quantitative estimate of drug-likeness (QED) is 0.749. The van der Waals surface area contributed by atoms with E-state index in [-0.39, 0.29) is 5.54 Å². The van der Waals surface area contributed by atoms with Gasteiger partial charge in [0.1, 0.15) is 0 Å². The van der Waals surface area contributed by atoms with Gasteiger partial charge in [0.15, 0.2) is 0 Å². The lowest BCUT2D eigenvalue weighted by Gasteiger charge is -2.41. The molecule has 1 atom stereocenters. The molecule has 0 radical (unpaired) electrons. The molecule has 2 N–H and O–H groups in total. The molecule has 2 heteroatoms. The van der Waals surface area contributed by atoms with E-state index in [0.717, 1.165) is 6.04 Å². The molecule has 2 fully saturated rings. The van der Waals surface area contributed by atoms with Crippen molar-refractivity contribution in [3.8, 4) is 0 Å². The smallest absolute Gasteiger partial charge is 0.0166 e. The predicted octanol–water partition coefficient (Wildman–Crippen LogP) is 2.13. The Morgan fingerprint density at radius 1 is 1.29 bits per heavy atom. The van der Waals surface area contributed by atoms with Gasteiger partial charge in [-0.25, -0.2) is 0 Å². The van der Waals surface area contributed by atoms with Crippen LogP contribution in [0.1, 0.15) is 51.9 Å². The van der Waals surface area contributed by atoms with Crippen molar-refractivity contribution in [1.29, 1.82) is 0 Å². The van der Waals surface area contributed by atoms with E-state index in [2.05, 4.69) is 11.8 Å². The van der Waals surface area contributed by atoms with Crippen molar-refractivity contribution in [1.82, 2.24) is 4.90 Å². The first kappa shape index (κ1) is 10.4. The molecule has 1 aliphatic carbocycles. The van der Waals surface area contributed by atoms with Gasteiger partial charge in [-0.3, -0.25) is 0 Å². The van der Waals surface area contributed by atoms with Crippen molar-refractivity contribution in [2.45, 2.75) is 63.5 Å². The van der Waals surface area contributed by atoms with Crippen LogP contribution in [0.4, 0.5) is 0 Å². The van der Waals surface area contributed by atoms with E-state index >= 15 is 0 Å². The zero-order valence-electron chi connectivity index (χ0n) is 9.47. The maximum atomic E-state index is 6.24. The first-order chi connectivity index (χ1) is 6.70. The summed E-state index contributed by atoms with van der Waals surface area (Å²) in [5.74, 6) is 0. The van der Waals surface area contributed by atoms with E-state index in [9.17, 15) is 0 Å². The number of rotatable bonds is 3. The molecule has 14 heavy (non-hydrogen) atoms. The second-order valence-electron chi connectivity index (χ2n) is 5.35. The van der Waals surface area contributed by atoms with Crippen molar-refractivity contribution in [3.63, 3.8) is 0 Å². The van der Waals surface area contributed by atoms with Gasteiger partial charge >= 0.3 is 0 Å². The minimum absolute atomic E-state index is 0.219. The van der Waals surface area contributed by atoms with Crippen molar-refractivity contribution in [2.75, 3.05) is 13.1 Å². The highest BCUT2D eigenvalue weighted by atomic mass is 15.2. The Kier molecular flexibility index (Phi) is 3.13. The lowest BCUT2D eigenvalue weighted by atomic mass is 9.75. The Morgan fingerprint density at radius 3 is 2.64 bits per heavy atom. The summed E-state index contributed by atoms with van der Waals surface area (Å²) >= 11 is 0. The normalized spacial score (nSPS) is 32.6.